The minimum Gasteiger partial charge on any atom is -0.370 e. The summed E-state index contributed by atoms with van der Waals surface area (Å²) in [5.74, 6) is -0.311. The number of nitro benzene ring substituents is 1. The highest BCUT2D eigenvalue weighted by atomic mass is 32.2. The van der Waals surface area contributed by atoms with E-state index in [4.69, 9.17) is 9.58 Å². The molecule has 0 fully saturated rings. The van der Waals surface area contributed by atoms with E-state index in [9.17, 15) is 18.5 Å². The van der Waals surface area contributed by atoms with Crippen LogP contribution in [0.5, 0.6) is 5.75 Å². The molecule has 0 saturated heterocycles. The fraction of sp³-hybridized carbons (Fsp3) is 0.0769. The third-order valence-corrected chi connectivity index (χ3v) is 4.02. The molecule has 112 valence electrons. The Kier molecular flexibility index (Phi) is 4.05. The van der Waals surface area contributed by atoms with E-state index in [1.54, 1.807) is 19.1 Å². The Labute approximate surface area is 125 Å². The third kappa shape index (κ3) is 3.18. The van der Waals surface area contributed by atoms with E-state index in [2.05, 4.69) is 4.98 Å². The van der Waals surface area contributed by atoms with E-state index in [-0.39, 0.29) is 22.0 Å². The van der Waals surface area contributed by atoms with Crippen LogP contribution in [-0.4, -0.2) is 13.3 Å². The number of diazo groups is 1. The maximum absolute atomic E-state index is 12.1. The van der Waals surface area contributed by atoms with E-state index in [0.29, 0.717) is 0 Å². The molecule has 0 aliphatic carbocycles. The van der Waals surface area contributed by atoms with Gasteiger partial charge in [0, 0.05) is 6.07 Å². The summed E-state index contributed by atoms with van der Waals surface area (Å²) in [4.78, 5) is 12.7. The van der Waals surface area contributed by atoms with E-state index in [1.165, 1.54) is 12.1 Å². The van der Waals surface area contributed by atoms with Gasteiger partial charge in [0.2, 0.25) is 11.1 Å². The molecule has 2 rings (SSSR count). The number of nitro groups is 1. The van der Waals surface area contributed by atoms with Gasteiger partial charge >= 0.3 is 15.8 Å². The fourth-order valence-electron chi connectivity index (χ4n) is 1.64. The van der Waals surface area contributed by atoms with Crippen molar-refractivity contribution >= 4 is 21.5 Å². The van der Waals surface area contributed by atoms with Crippen molar-refractivity contribution in [1.82, 2.24) is 0 Å². The van der Waals surface area contributed by atoms with E-state index >= 15 is 0 Å². The Bertz CT molecular complexity index is 870. The van der Waals surface area contributed by atoms with Crippen molar-refractivity contribution in [3.63, 3.8) is 0 Å². The van der Waals surface area contributed by atoms with Gasteiger partial charge < -0.3 is 4.18 Å². The first-order chi connectivity index (χ1) is 10.3. The van der Waals surface area contributed by atoms with Crippen molar-refractivity contribution in [2.45, 2.75) is 11.8 Å². The molecule has 0 N–H and O–H groups in total. The minimum atomic E-state index is -4.14. The van der Waals surface area contributed by atoms with Crippen molar-refractivity contribution in [1.29, 1.82) is 5.39 Å². The molecule has 0 spiro atoms. The van der Waals surface area contributed by atoms with E-state index < -0.39 is 15.0 Å². The molecule has 2 aromatic carbocycles. The molecule has 0 unspecified atom stereocenters. The number of rotatable bonds is 4. The summed E-state index contributed by atoms with van der Waals surface area (Å²) in [5, 5.41) is 19.5. The van der Waals surface area contributed by atoms with Crippen LogP contribution in [0.2, 0.25) is 0 Å². The lowest BCUT2D eigenvalue weighted by Gasteiger charge is -2.05. The molecule has 0 atom stereocenters. The highest BCUT2D eigenvalue weighted by molar-refractivity contribution is 7.87. The van der Waals surface area contributed by atoms with Crippen molar-refractivity contribution < 1.29 is 17.5 Å². The molecule has 0 bridgehead atoms. The predicted molar refractivity (Wildman–Crippen MR) is 76.8 cm³/mol. The van der Waals surface area contributed by atoms with Crippen LogP contribution in [-0.2, 0) is 10.1 Å². The van der Waals surface area contributed by atoms with Crippen LogP contribution in [0.1, 0.15) is 5.56 Å². The number of aryl methyl sites for hydroxylation is 1. The fourth-order valence-corrected chi connectivity index (χ4v) is 2.58. The van der Waals surface area contributed by atoms with Crippen LogP contribution in [0.25, 0.3) is 4.98 Å². The molecule has 0 aliphatic heterocycles. The summed E-state index contributed by atoms with van der Waals surface area (Å²) >= 11 is 0. The number of non-ortho nitro benzene ring substituents is 1. The van der Waals surface area contributed by atoms with Crippen molar-refractivity contribution in [3.8, 4) is 5.75 Å². The smallest absolute Gasteiger partial charge is 0.370 e. The first-order valence-electron chi connectivity index (χ1n) is 5.98. The molecule has 0 saturated carbocycles. The van der Waals surface area contributed by atoms with Crippen LogP contribution in [0.3, 0.4) is 0 Å². The molecular weight excluding hydrogens is 310 g/mol. The number of hydrogen-bond donors (Lipinski definition) is 0. The Hall–Kier alpha value is -2.99. The van der Waals surface area contributed by atoms with Crippen LogP contribution in [0.4, 0.5) is 11.4 Å². The summed E-state index contributed by atoms with van der Waals surface area (Å²) in [6.07, 6.45) is 0. The highest BCUT2D eigenvalue weighted by Gasteiger charge is 2.26. The molecule has 0 amide bonds. The number of hydrogen-bond acceptors (Lipinski definition) is 6. The second kappa shape index (κ2) is 5.79. The molecule has 8 nitrogen and oxygen atoms in total. The quantitative estimate of drug-likeness (QED) is 0.370. The van der Waals surface area contributed by atoms with Gasteiger partial charge in [0.1, 0.15) is 11.0 Å². The van der Waals surface area contributed by atoms with Gasteiger partial charge in [0.05, 0.1) is 4.92 Å². The molecular formula is C13H10N3O5S+. The maximum atomic E-state index is 12.1. The maximum Gasteiger partial charge on any atom is 0.434 e. The molecule has 0 aliphatic rings. The minimum absolute atomic E-state index is 0.0830. The average Bonchev–Trinajstić information content (AvgIpc) is 2.47. The Balaban J connectivity index is 2.40. The molecule has 22 heavy (non-hydrogen) atoms. The van der Waals surface area contributed by atoms with Gasteiger partial charge in [0.25, 0.3) is 5.69 Å². The molecule has 0 heterocycles. The lowest BCUT2D eigenvalue weighted by atomic mass is 10.2. The molecule has 9 heteroatoms. The van der Waals surface area contributed by atoms with Gasteiger partial charge in [-0.05, 0) is 25.1 Å². The van der Waals surface area contributed by atoms with Crippen molar-refractivity contribution in [3.05, 3.63) is 63.1 Å². The van der Waals surface area contributed by atoms with Gasteiger partial charge in [-0.3, -0.25) is 10.1 Å². The third-order valence-electron chi connectivity index (χ3n) is 2.77. The molecule has 0 aromatic heterocycles. The van der Waals surface area contributed by atoms with Gasteiger partial charge in [0.15, 0.2) is 4.98 Å². The predicted octanol–water partition coefficient (Wildman–Crippen LogP) is 3.16. The summed E-state index contributed by atoms with van der Waals surface area (Å²) in [6.45, 7) is 1.80. The van der Waals surface area contributed by atoms with Crippen LogP contribution in [0.15, 0.2) is 47.4 Å². The first kappa shape index (κ1) is 15.4. The summed E-state index contributed by atoms with van der Waals surface area (Å²) in [6, 6.07) is 8.94. The Morgan fingerprint density at radius 1 is 1.18 bits per heavy atom. The van der Waals surface area contributed by atoms with Gasteiger partial charge in [-0.2, -0.15) is 8.42 Å². The lowest BCUT2D eigenvalue weighted by Crippen LogP contribution is -2.09. The topological polar surface area (TPSA) is 115 Å². The number of nitrogens with zero attached hydrogens (tertiary/aromatic N) is 3. The molecule has 0 radical (unpaired) electrons. The largest absolute Gasteiger partial charge is 0.434 e. The second-order valence-electron chi connectivity index (χ2n) is 4.36. The zero-order valence-corrected chi connectivity index (χ0v) is 12.1. The zero-order chi connectivity index (χ0) is 16.3. The lowest BCUT2D eigenvalue weighted by molar-refractivity contribution is -0.384. The van der Waals surface area contributed by atoms with Crippen LogP contribution < -0.4 is 4.18 Å². The van der Waals surface area contributed by atoms with Crippen LogP contribution >= 0.6 is 0 Å². The Morgan fingerprint density at radius 3 is 2.36 bits per heavy atom. The first-order valence-corrected chi connectivity index (χ1v) is 7.39. The summed E-state index contributed by atoms with van der Waals surface area (Å²) < 4.78 is 29.1. The van der Waals surface area contributed by atoms with Gasteiger partial charge in [-0.25, -0.2) is 0 Å². The highest BCUT2D eigenvalue weighted by Crippen LogP contribution is 2.33. The van der Waals surface area contributed by atoms with E-state index in [1.807, 2.05) is 0 Å². The van der Waals surface area contributed by atoms with Gasteiger partial charge in [-0.15, -0.1) is 0 Å². The van der Waals surface area contributed by atoms with Crippen LogP contribution in [0, 0.1) is 22.4 Å². The van der Waals surface area contributed by atoms with Crippen molar-refractivity contribution in [2.75, 3.05) is 0 Å². The average molecular weight is 320 g/mol. The Morgan fingerprint density at radius 2 is 1.82 bits per heavy atom. The molecule has 2 aromatic rings. The SMILES string of the molecule is Cc1ccc(S(=O)(=O)Oc2ccc([N+](=O)[O-])cc2[N+]#N)cc1. The van der Waals surface area contributed by atoms with E-state index in [0.717, 1.165) is 23.8 Å². The standard InChI is InChI=1S/C13H10N3O5S/c1-9-2-5-11(6-3-9)22(19,20)21-13-7-4-10(16(17)18)8-12(13)15-14/h2-8H,1H3/q+1. The number of benzene rings is 2. The van der Waals surface area contributed by atoms with Gasteiger partial charge in [-0.1, -0.05) is 17.7 Å². The summed E-state index contributed by atoms with van der Waals surface area (Å²) in [7, 11) is -4.14. The van der Waals surface area contributed by atoms with Crippen molar-refractivity contribution in [2.24, 2.45) is 0 Å². The monoisotopic (exact) mass is 320 g/mol. The zero-order valence-electron chi connectivity index (χ0n) is 11.3. The summed E-state index contributed by atoms with van der Waals surface area (Å²) in [5.41, 5.74) is 0.165. The second-order valence-corrected chi connectivity index (χ2v) is 5.91. The normalized spacial score (nSPS) is 10.7.